The highest BCUT2D eigenvalue weighted by atomic mass is 15.2. The van der Waals surface area contributed by atoms with Crippen LogP contribution in [0.5, 0.6) is 0 Å². The van der Waals surface area contributed by atoms with E-state index in [1.54, 1.807) is 0 Å². The standard InChI is InChI=1S/C16H32N4/c1-5-16(14-17,18-6-2)9-7-11-20-12-8-10-19(4)13-15(20)3/h15,18H,5-13H2,1-4H3. The van der Waals surface area contributed by atoms with Gasteiger partial charge in [-0.25, -0.2) is 0 Å². The van der Waals surface area contributed by atoms with E-state index < -0.39 is 0 Å². The normalized spacial score (nSPS) is 24.9. The first kappa shape index (κ1) is 17.4. The summed E-state index contributed by atoms with van der Waals surface area (Å²) in [4.78, 5) is 5.02. The fourth-order valence-corrected chi connectivity index (χ4v) is 3.24. The van der Waals surface area contributed by atoms with Gasteiger partial charge in [0, 0.05) is 12.6 Å². The van der Waals surface area contributed by atoms with Gasteiger partial charge in [-0.15, -0.1) is 0 Å². The van der Waals surface area contributed by atoms with E-state index in [2.05, 4.69) is 49.0 Å². The minimum atomic E-state index is -0.319. The first-order valence-corrected chi connectivity index (χ1v) is 8.15. The Kier molecular flexibility index (Phi) is 7.50. The molecule has 0 aromatic heterocycles. The molecule has 116 valence electrons. The van der Waals surface area contributed by atoms with Crippen LogP contribution in [0.4, 0.5) is 0 Å². The Morgan fingerprint density at radius 1 is 1.35 bits per heavy atom. The molecule has 0 aromatic rings. The van der Waals surface area contributed by atoms with E-state index in [0.29, 0.717) is 6.04 Å². The maximum atomic E-state index is 9.44. The third kappa shape index (κ3) is 5.05. The van der Waals surface area contributed by atoms with Crippen LogP contribution >= 0.6 is 0 Å². The van der Waals surface area contributed by atoms with E-state index in [1.807, 2.05) is 0 Å². The molecule has 1 aliphatic rings. The highest BCUT2D eigenvalue weighted by Crippen LogP contribution is 2.18. The van der Waals surface area contributed by atoms with Crippen molar-refractivity contribution in [3.63, 3.8) is 0 Å². The van der Waals surface area contributed by atoms with Crippen LogP contribution in [-0.4, -0.2) is 61.2 Å². The summed E-state index contributed by atoms with van der Waals surface area (Å²) in [6, 6.07) is 3.12. The number of nitrogens with zero attached hydrogens (tertiary/aromatic N) is 3. The molecular weight excluding hydrogens is 248 g/mol. The van der Waals surface area contributed by atoms with Crippen LogP contribution in [0.2, 0.25) is 0 Å². The molecule has 1 N–H and O–H groups in total. The maximum Gasteiger partial charge on any atom is 0.106 e. The smallest absolute Gasteiger partial charge is 0.106 e. The van der Waals surface area contributed by atoms with Crippen molar-refractivity contribution in [1.29, 1.82) is 5.26 Å². The molecule has 0 aliphatic carbocycles. The molecule has 0 spiro atoms. The Bertz CT molecular complexity index is 312. The predicted octanol–water partition coefficient (Wildman–Crippen LogP) is 2.07. The second-order valence-corrected chi connectivity index (χ2v) is 6.18. The summed E-state index contributed by atoms with van der Waals surface area (Å²) < 4.78 is 0. The van der Waals surface area contributed by atoms with E-state index in [9.17, 15) is 5.26 Å². The zero-order valence-electron chi connectivity index (χ0n) is 13.8. The van der Waals surface area contributed by atoms with Crippen LogP contribution in [0.25, 0.3) is 0 Å². The van der Waals surface area contributed by atoms with Gasteiger partial charge < -0.3 is 4.90 Å². The van der Waals surface area contributed by atoms with Crippen molar-refractivity contribution in [2.45, 2.75) is 58.0 Å². The lowest BCUT2D eigenvalue weighted by Crippen LogP contribution is -2.44. The van der Waals surface area contributed by atoms with Crippen LogP contribution < -0.4 is 5.32 Å². The molecule has 2 unspecified atom stereocenters. The number of nitrogens with one attached hydrogen (secondary N) is 1. The van der Waals surface area contributed by atoms with Crippen molar-refractivity contribution in [3.8, 4) is 6.07 Å². The van der Waals surface area contributed by atoms with Crippen LogP contribution in [0.3, 0.4) is 0 Å². The summed E-state index contributed by atoms with van der Waals surface area (Å²) >= 11 is 0. The molecule has 0 radical (unpaired) electrons. The van der Waals surface area contributed by atoms with Crippen molar-refractivity contribution in [1.82, 2.24) is 15.1 Å². The first-order valence-electron chi connectivity index (χ1n) is 8.15. The summed E-state index contributed by atoms with van der Waals surface area (Å²) in [5, 5.41) is 12.8. The number of hydrogen-bond donors (Lipinski definition) is 1. The lowest BCUT2D eigenvalue weighted by atomic mass is 9.91. The van der Waals surface area contributed by atoms with E-state index >= 15 is 0 Å². The summed E-state index contributed by atoms with van der Waals surface area (Å²) in [5.41, 5.74) is -0.319. The maximum absolute atomic E-state index is 9.44. The van der Waals surface area contributed by atoms with E-state index in [1.165, 1.54) is 19.5 Å². The second kappa shape index (κ2) is 8.61. The van der Waals surface area contributed by atoms with Gasteiger partial charge in [-0.1, -0.05) is 13.8 Å². The third-order valence-electron chi connectivity index (χ3n) is 4.57. The second-order valence-electron chi connectivity index (χ2n) is 6.18. The molecule has 1 heterocycles. The van der Waals surface area contributed by atoms with Gasteiger partial charge in [0.05, 0.1) is 6.07 Å². The van der Waals surface area contributed by atoms with Crippen LogP contribution in [-0.2, 0) is 0 Å². The van der Waals surface area contributed by atoms with Crippen molar-refractivity contribution in [2.24, 2.45) is 0 Å². The van der Waals surface area contributed by atoms with Gasteiger partial charge in [0.1, 0.15) is 5.54 Å². The molecule has 1 fully saturated rings. The minimum Gasteiger partial charge on any atom is -0.305 e. The highest BCUT2D eigenvalue weighted by molar-refractivity contribution is 5.06. The summed E-state index contributed by atoms with van der Waals surface area (Å²) in [5.74, 6) is 0. The van der Waals surface area contributed by atoms with Gasteiger partial charge >= 0.3 is 0 Å². The Morgan fingerprint density at radius 2 is 2.10 bits per heavy atom. The Morgan fingerprint density at radius 3 is 2.70 bits per heavy atom. The number of nitriles is 1. The van der Waals surface area contributed by atoms with Gasteiger partial charge in [-0.3, -0.25) is 10.2 Å². The van der Waals surface area contributed by atoms with Crippen LogP contribution in [0, 0.1) is 11.3 Å². The molecule has 0 bridgehead atoms. The predicted molar refractivity (Wildman–Crippen MR) is 84.7 cm³/mol. The van der Waals surface area contributed by atoms with Crippen LogP contribution in [0.1, 0.15) is 46.5 Å². The molecule has 1 aliphatic heterocycles. The molecule has 2 atom stereocenters. The molecular formula is C16H32N4. The van der Waals surface area contributed by atoms with Gasteiger partial charge in [-0.05, 0) is 65.8 Å². The summed E-state index contributed by atoms with van der Waals surface area (Å²) in [6.07, 6.45) is 4.19. The van der Waals surface area contributed by atoms with Gasteiger partial charge in [0.15, 0.2) is 0 Å². The van der Waals surface area contributed by atoms with E-state index in [4.69, 9.17) is 0 Å². The molecule has 1 saturated heterocycles. The summed E-state index contributed by atoms with van der Waals surface area (Å²) in [6.45, 7) is 12.0. The largest absolute Gasteiger partial charge is 0.305 e. The lowest BCUT2D eigenvalue weighted by Gasteiger charge is -2.30. The molecule has 4 nitrogen and oxygen atoms in total. The minimum absolute atomic E-state index is 0.319. The van der Waals surface area contributed by atoms with E-state index in [0.717, 1.165) is 38.9 Å². The van der Waals surface area contributed by atoms with Crippen molar-refractivity contribution in [3.05, 3.63) is 0 Å². The molecule has 0 aromatic carbocycles. The Balaban J connectivity index is 2.44. The zero-order chi connectivity index (χ0) is 15.0. The quantitative estimate of drug-likeness (QED) is 0.775. The fraction of sp³-hybridized carbons (Fsp3) is 0.938. The van der Waals surface area contributed by atoms with Gasteiger partial charge in [-0.2, -0.15) is 5.26 Å². The topological polar surface area (TPSA) is 42.3 Å². The van der Waals surface area contributed by atoms with Crippen molar-refractivity contribution >= 4 is 0 Å². The monoisotopic (exact) mass is 280 g/mol. The average molecular weight is 280 g/mol. The molecule has 0 amide bonds. The first-order chi connectivity index (χ1) is 9.56. The molecule has 4 heteroatoms. The Hall–Kier alpha value is -0.630. The number of hydrogen-bond acceptors (Lipinski definition) is 4. The number of rotatable bonds is 7. The zero-order valence-corrected chi connectivity index (χ0v) is 13.8. The fourth-order valence-electron chi connectivity index (χ4n) is 3.24. The molecule has 1 rings (SSSR count). The van der Waals surface area contributed by atoms with E-state index in [-0.39, 0.29) is 5.54 Å². The average Bonchev–Trinajstić information content (AvgIpc) is 2.59. The lowest BCUT2D eigenvalue weighted by molar-refractivity contribution is 0.193. The highest BCUT2D eigenvalue weighted by Gasteiger charge is 2.27. The Labute approximate surface area is 125 Å². The van der Waals surface area contributed by atoms with Gasteiger partial charge in [0.2, 0.25) is 0 Å². The third-order valence-corrected chi connectivity index (χ3v) is 4.57. The molecule has 20 heavy (non-hydrogen) atoms. The number of likely N-dealkylation sites (N-methyl/N-ethyl adjacent to an activating group) is 1. The van der Waals surface area contributed by atoms with Crippen molar-refractivity contribution < 1.29 is 0 Å². The SMILES string of the molecule is CCNC(C#N)(CC)CCCN1CCCN(C)CC1C. The van der Waals surface area contributed by atoms with Gasteiger partial charge in [0.25, 0.3) is 0 Å². The molecule has 0 saturated carbocycles. The summed E-state index contributed by atoms with van der Waals surface area (Å²) in [7, 11) is 2.21. The van der Waals surface area contributed by atoms with Crippen LogP contribution in [0.15, 0.2) is 0 Å². The van der Waals surface area contributed by atoms with Crippen molar-refractivity contribution in [2.75, 3.05) is 39.8 Å².